The molecule has 1 amide bonds. The van der Waals surface area contributed by atoms with Gasteiger partial charge in [0.05, 0.1) is 23.6 Å². The van der Waals surface area contributed by atoms with Gasteiger partial charge in [-0.15, -0.1) is 0 Å². The van der Waals surface area contributed by atoms with E-state index in [0.717, 1.165) is 47.7 Å². The zero-order chi connectivity index (χ0) is 22.5. The van der Waals surface area contributed by atoms with Crippen molar-refractivity contribution in [3.8, 4) is 0 Å². The minimum absolute atomic E-state index is 0.0354. The van der Waals surface area contributed by atoms with E-state index in [1.807, 2.05) is 49.1 Å². The predicted octanol–water partition coefficient (Wildman–Crippen LogP) is 4.29. The summed E-state index contributed by atoms with van der Waals surface area (Å²) in [4.78, 5) is 32.8. The quantitative estimate of drug-likeness (QED) is 0.578. The Balaban J connectivity index is 1.39. The van der Waals surface area contributed by atoms with Gasteiger partial charge in [0.25, 0.3) is 0 Å². The summed E-state index contributed by atoms with van der Waals surface area (Å²) in [7, 11) is 0. The monoisotopic (exact) mass is 450 g/mol. The summed E-state index contributed by atoms with van der Waals surface area (Å²) in [6.07, 6.45) is 6.45. The van der Waals surface area contributed by atoms with E-state index < -0.39 is 0 Å². The Morgan fingerprint density at radius 2 is 1.97 bits per heavy atom. The average Bonchev–Trinajstić information content (AvgIpc) is 3.23. The summed E-state index contributed by atoms with van der Waals surface area (Å²) >= 11 is 6.10. The SMILES string of the molecule is Cc1cc(C)nc(NCCC(=O)N2CCC[C@@H]2c2cncc(Cc3cccc(Cl)c3)n2)n1. The minimum Gasteiger partial charge on any atom is -0.354 e. The third-order valence-electron chi connectivity index (χ3n) is 5.50. The molecule has 32 heavy (non-hydrogen) atoms. The summed E-state index contributed by atoms with van der Waals surface area (Å²) < 4.78 is 0. The maximum absolute atomic E-state index is 12.9. The molecule has 4 rings (SSSR count). The largest absolute Gasteiger partial charge is 0.354 e. The third-order valence-corrected chi connectivity index (χ3v) is 5.73. The maximum Gasteiger partial charge on any atom is 0.224 e. The highest BCUT2D eigenvalue weighted by Crippen LogP contribution is 2.31. The number of nitrogens with one attached hydrogen (secondary N) is 1. The van der Waals surface area contributed by atoms with Crippen molar-refractivity contribution in [2.24, 2.45) is 0 Å². The molecule has 0 radical (unpaired) electrons. The number of anilines is 1. The van der Waals surface area contributed by atoms with Gasteiger partial charge < -0.3 is 10.2 Å². The van der Waals surface area contributed by atoms with Crippen molar-refractivity contribution in [2.45, 2.75) is 45.6 Å². The lowest BCUT2D eigenvalue weighted by Crippen LogP contribution is -2.32. The summed E-state index contributed by atoms with van der Waals surface area (Å²) in [6.45, 7) is 5.10. The van der Waals surface area contributed by atoms with Crippen LogP contribution in [0.3, 0.4) is 0 Å². The zero-order valence-electron chi connectivity index (χ0n) is 18.4. The number of carbonyl (C=O) groups excluding carboxylic acids is 1. The number of carbonyl (C=O) groups is 1. The lowest BCUT2D eigenvalue weighted by molar-refractivity contribution is -0.131. The fourth-order valence-corrected chi connectivity index (χ4v) is 4.34. The van der Waals surface area contributed by atoms with Gasteiger partial charge in [-0.05, 0) is 50.5 Å². The molecule has 8 heteroatoms. The smallest absolute Gasteiger partial charge is 0.224 e. The highest BCUT2D eigenvalue weighted by Gasteiger charge is 2.31. The van der Waals surface area contributed by atoms with Crippen molar-refractivity contribution in [2.75, 3.05) is 18.4 Å². The van der Waals surface area contributed by atoms with Gasteiger partial charge in [-0.1, -0.05) is 23.7 Å². The van der Waals surface area contributed by atoms with E-state index in [4.69, 9.17) is 16.6 Å². The van der Waals surface area contributed by atoms with Crippen LogP contribution >= 0.6 is 11.6 Å². The van der Waals surface area contributed by atoms with E-state index >= 15 is 0 Å². The van der Waals surface area contributed by atoms with E-state index in [1.165, 1.54) is 0 Å². The Labute approximate surface area is 193 Å². The first-order chi connectivity index (χ1) is 15.5. The normalized spacial score (nSPS) is 15.7. The number of nitrogens with zero attached hydrogens (tertiary/aromatic N) is 5. The second-order valence-electron chi connectivity index (χ2n) is 8.14. The first-order valence-electron chi connectivity index (χ1n) is 10.9. The van der Waals surface area contributed by atoms with Gasteiger partial charge in [-0.3, -0.25) is 14.8 Å². The number of hydrogen-bond donors (Lipinski definition) is 1. The topological polar surface area (TPSA) is 83.9 Å². The Morgan fingerprint density at radius 3 is 2.75 bits per heavy atom. The maximum atomic E-state index is 12.9. The third kappa shape index (κ3) is 5.59. The molecular weight excluding hydrogens is 424 g/mol. The minimum atomic E-state index is -0.0354. The second-order valence-corrected chi connectivity index (χ2v) is 8.57. The summed E-state index contributed by atoms with van der Waals surface area (Å²) in [5.74, 6) is 0.666. The summed E-state index contributed by atoms with van der Waals surface area (Å²) in [5.41, 5.74) is 4.62. The standard InChI is InChI=1S/C24H27ClN6O/c1-16-11-17(2)29-24(28-16)27-9-8-23(32)31-10-4-7-22(31)21-15-26-14-20(30-21)13-18-5-3-6-19(25)12-18/h3,5-6,11-12,14-15,22H,4,7-10,13H2,1-2H3,(H,27,28,29)/t22-/m1/s1. The molecular formula is C24H27ClN6O. The van der Waals surface area contributed by atoms with E-state index in [1.54, 1.807) is 12.4 Å². The summed E-state index contributed by atoms with van der Waals surface area (Å²) in [6, 6.07) is 9.64. The van der Waals surface area contributed by atoms with Gasteiger partial charge in [-0.2, -0.15) is 0 Å². The van der Waals surface area contributed by atoms with Gasteiger partial charge in [0.15, 0.2) is 0 Å². The molecule has 0 aliphatic carbocycles. The first kappa shape index (κ1) is 22.1. The Hall–Kier alpha value is -3.06. The molecule has 1 aliphatic rings. The van der Waals surface area contributed by atoms with Crippen molar-refractivity contribution in [3.05, 3.63) is 76.1 Å². The van der Waals surface area contributed by atoms with Crippen LogP contribution in [0, 0.1) is 13.8 Å². The average molecular weight is 451 g/mol. The van der Waals surface area contributed by atoms with Crippen LogP contribution in [0.2, 0.25) is 5.02 Å². The number of likely N-dealkylation sites (tertiary alicyclic amines) is 1. The molecule has 1 aromatic carbocycles. The number of hydrogen-bond acceptors (Lipinski definition) is 6. The molecule has 1 atom stereocenters. The molecule has 1 N–H and O–H groups in total. The van der Waals surface area contributed by atoms with Crippen molar-refractivity contribution >= 4 is 23.5 Å². The van der Waals surface area contributed by atoms with Crippen molar-refractivity contribution in [1.29, 1.82) is 0 Å². The molecule has 3 aromatic rings. The molecule has 7 nitrogen and oxygen atoms in total. The van der Waals surface area contributed by atoms with Crippen molar-refractivity contribution in [1.82, 2.24) is 24.8 Å². The van der Waals surface area contributed by atoms with Crippen LogP contribution in [-0.4, -0.2) is 43.8 Å². The van der Waals surface area contributed by atoms with Crippen LogP contribution in [0.15, 0.2) is 42.7 Å². The molecule has 0 unspecified atom stereocenters. The van der Waals surface area contributed by atoms with Crippen LogP contribution in [0.25, 0.3) is 0 Å². The molecule has 1 fully saturated rings. The van der Waals surface area contributed by atoms with E-state index in [2.05, 4.69) is 20.3 Å². The van der Waals surface area contributed by atoms with Gasteiger partial charge in [0, 0.05) is 48.5 Å². The van der Waals surface area contributed by atoms with Gasteiger partial charge in [-0.25, -0.2) is 9.97 Å². The van der Waals surface area contributed by atoms with Crippen LogP contribution < -0.4 is 5.32 Å². The molecule has 0 saturated carbocycles. The lowest BCUT2D eigenvalue weighted by Gasteiger charge is -2.24. The Morgan fingerprint density at radius 1 is 1.16 bits per heavy atom. The van der Waals surface area contributed by atoms with E-state index in [9.17, 15) is 4.79 Å². The second kappa shape index (κ2) is 10.0. The van der Waals surface area contributed by atoms with Crippen LogP contribution in [-0.2, 0) is 11.2 Å². The van der Waals surface area contributed by atoms with E-state index in [-0.39, 0.29) is 11.9 Å². The Kier molecular flexibility index (Phi) is 6.95. The number of halogens is 1. The number of aryl methyl sites for hydroxylation is 2. The molecule has 0 bridgehead atoms. The van der Waals surface area contributed by atoms with Crippen molar-refractivity contribution in [3.63, 3.8) is 0 Å². The fraction of sp³-hybridized carbons (Fsp3) is 0.375. The van der Waals surface area contributed by atoms with Gasteiger partial charge in [0.2, 0.25) is 11.9 Å². The van der Waals surface area contributed by atoms with Gasteiger partial charge >= 0.3 is 0 Å². The van der Waals surface area contributed by atoms with Gasteiger partial charge in [0.1, 0.15) is 0 Å². The zero-order valence-corrected chi connectivity index (χ0v) is 19.1. The van der Waals surface area contributed by atoms with E-state index in [0.29, 0.717) is 30.4 Å². The number of rotatable bonds is 7. The summed E-state index contributed by atoms with van der Waals surface area (Å²) in [5, 5.41) is 3.88. The molecule has 3 heterocycles. The molecule has 166 valence electrons. The highest BCUT2D eigenvalue weighted by atomic mass is 35.5. The molecule has 2 aromatic heterocycles. The van der Waals surface area contributed by atoms with Crippen LogP contribution in [0.5, 0.6) is 0 Å². The van der Waals surface area contributed by atoms with Crippen LogP contribution in [0.4, 0.5) is 5.95 Å². The Bertz CT molecular complexity index is 1090. The van der Waals surface area contributed by atoms with Crippen molar-refractivity contribution < 1.29 is 4.79 Å². The first-order valence-corrected chi connectivity index (χ1v) is 11.3. The predicted molar refractivity (Wildman–Crippen MR) is 125 cm³/mol. The van der Waals surface area contributed by atoms with Crippen LogP contribution in [0.1, 0.15) is 53.6 Å². The number of amides is 1. The molecule has 0 spiro atoms. The number of aromatic nitrogens is 4. The fourth-order valence-electron chi connectivity index (χ4n) is 4.13. The lowest BCUT2D eigenvalue weighted by atomic mass is 10.1. The molecule has 1 saturated heterocycles. The molecule has 1 aliphatic heterocycles. The highest BCUT2D eigenvalue weighted by molar-refractivity contribution is 6.30. The number of benzene rings is 1.